The fourth-order valence-corrected chi connectivity index (χ4v) is 4.47. The van der Waals surface area contributed by atoms with Crippen LogP contribution in [0.1, 0.15) is 22.9 Å². The van der Waals surface area contributed by atoms with Crippen molar-refractivity contribution in [3.8, 4) is 11.5 Å². The first kappa shape index (κ1) is 22.4. The maximum absolute atomic E-state index is 13.3. The number of methoxy groups -OCH3 is 3. The van der Waals surface area contributed by atoms with Crippen molar-refractivity contribution >= 4 is 28.4 Å². The third kappa shape index (κ3) is 3.62. The van der Waals surface area contributed by atoms with E-state index in [1.807, 2.05) is 31.2 Å². The molecule has 2 N–H and O–H groups in total. The van der Waals surface area contributed by atoms with Crippen LogP contribution in [0.5, 0.6) is 11.5 Å². The number of ketones is 1. The average molecular weight is 450 g/mol. The Labute approximate surface area is 191 Å². The van der Waals surface area contributed by atoms with Crippen LogP contribution in [0, 0.1) is 6.92 Å². The van der Waals surface area contributed by atoms with Crippen molar-refractivity contribution in [2.75, 3.05) is 34.5 Å². The normalized spacial score (nSPS) is 17.7. The minimum atomic E-state index is -0.814. The number of aliphatic hydroxyl groups excluding tert-OH is 1. The van der Waals surface area contributed by atoms with Gasteiger partial charge in [0.05, 0.1) is 32.4 Å². The maximum atomic E-state index is 13.3. The minimum Gasteiger partial charge on any atom is -0.506 e. The van der Waals surface area contributed by atoms with E-state index in [1.165, 1.54) is 26.2 Å². The predicted octanol–water partition coefficient (Wildman–Crippen LogP) is 3.56. The fraction of sp³-hybridized carbons (Fsp3) is 0.280. The molecular weight excluding hydrogens is 424 g/mol. The number of likely N-dealkylation sites (tertiary alicyclic amines) is 1. The van der Waals surface area contributed by atoms with Gasteiger partial charge in [-0.3, -0.25) is 9.59 Å². The Morgan fingerprint density at radius 1 is 1.03 bits per heavy atom. The number of Topliss-reactive ketones (excluding diaryl/α,β-unsaturated/α-hetero) is 1. The van der Waals surface area contributed by atoms with Crippen LogP contribution in [0.2, 0.25) is 0 Å². The van der Waals surface area contributed by atoms with Crippen LogP contribution < -0.4 is 9.47 Å². The number of para-hydroxylation sites is 1. The lowest BCUT2D eigenvalue weighted by molar-refractivity contribution is -0.140. The summed E-state index contributed by atoms with van der Waals surface area (Å²) in [5.41, 5.74) is 2.61. The molecule has 8 heteroatoms. The monoisotopic (exact) mass is 450 g/mol. The molecule has 0 saturated carbocycles. The number of aromatic nitrogens is 1. The number of nitrogens with zero attached hydrogens (tertiary/aromatic N) is 1. The zero-order valence-corrected chi connectivity index (χ0v) is 19.0. The van der Waals surface area contributed by atoms with Crippen LogP contribution in [0.25, 0.3) is 16.7 Å². The van der Waals surface area contributed by atoms with Gasteiger partial charge in [-0.2, -0.15) is 0 Å². The Morgan fingerprint density at radius 2 is 1.70 bits per heavy atom. The third-order valence-corrected chi connectivity index (χ3v) is 5.96. The average Bonchev–Trinajstić information content (AvgIpc) is 3.28. The van der Waals surface area contributed by atoms with Crippen molar-refractivity contribution in [3.63, 3.8) is 0 Å². The van der Waals surface area contributed by atoms with Gasteiger partial charge in [0.25, 0.3) is 11.7 Å². The summed E-state index contributed by atoms with van der Waals surface area (Å²) in [6.07, 6.45) is 0. The molecule has 33 heavy (non-hydrogen) atoms. The van der Waals surface area contributed by atoms with Crippen LogP contribution >= 0.6 is 0 Å². The highest BCUT2D eigenvalue weighted by atomic mass is 16.5. The summed E-state index contributed by atoms with van der Waals surface area (Å²) in [7, 11) is 4.45. The Kier molecular flexibility index (Phi) is 6.11. The van der Waals surface area contributed by atoms with Crippen LogP contribution in [0.3, 0.4) is 0 Å². The molecule has 172 valence electrons. The number of ether oxygens (including phenoxy) is 3. The van der Waals surface area contributed by atoms with Crippen molar-refractivity contribution in [1.29, 1.82) is 0 Å². The molecule has 0 bridgehead atoms. The van der Waals surface area contributed by atoms with Crippen LogP contribution in [0.15, 0.2) is 48.0 Å². The summed E-state index contributed by atoms with van der Waals surface area (Å²) in [5.74, 6) is -1.17. The van der Waals surface area contributed by atoms with Crippen LogP contribution in [-0.4, -0.2) is 61.2 Å². The molecule has 1 atom stereocenters. The summed E-state index contributed by atoms with van der Waals surface area (Å²) in [6.45, 7) is 2.31. The second-order valence-electron chi connectivity index (χ2n) is 7.73. The molecule has 1 saturated heterocycles. The Morgan fingerprint density at radius 3 is 2.33 bits per heavy atom. The summed E-state index contributed by atoms with van der Waals surface area (Å²) in [4.78, 5) is 31.2. The van der Waals surface area contributed by atoms with E-state index >= 15 is 0 Å². The van der Waals surface area contributed by atoms with Crippen molar-refractivity contribution < 1.29 is 28.9 Å². The first-order valence-corrected chi connectivity index (χ1v) is 10.5. The molecule has 4 rings (SSSR count). The molecule has 1 unspecified atom stereocenters. The van der Waals surface area contributed by atoms with Crippen molar-refractivity contribution in [2.24, 2.45) is 0 Å². The number of benzene rings is 2. The molecule has 1 fully saturated rings. The number of aryl methyl sites for hydroxylation is 1. The van der Waals surface area contributed by atoms with E-state index < -0.39 is 17.7 Å². The lowest BCUT2D eigenvalue weighted by atomic mass is 9.93. The number of carbonyl (C=O) groups excluding carboxylic acids is 2. The molecule has 2 heterocycles. The lowest BCUT2D eigenvalue weighted by Gasteiger charge is -2.25. The third-order valence-electron chi connectivity index (χ3n) is 5.96. The van der Waals surface area contributed by atoms with E-state index in [0.29, 0.717) is 11.5 Å². The Bertz CT molecular complexity index is 1240. The number of amides is 1. The number of rotatable bonds is 7. The highest BCUT2D eigenvalue weighted by molar-refractivity contribution is 6.46. The standard InChI is InChI=1S/C25H26N2O6/c1-14-19(15-8-5-6-9-16(15)26-14)22-21(24(29)25(30)27(22)12-13-31-2)23(28)20-17(32-3)10-7-11-18(20)33-4/h5-11,22,26,28H,12-13H2,1-4H3/b23-21+. The molecule has 0 aliphatic carbocycles. The molecule has 2 aromatic carbocycles. The quantitative estimate of drug-likeness (QED) is 0.324. The van der Waals surface area contributed by atoms with E-state index in [-0.39, 0.29) is 30.0 Å². The van der Waals surface area contributed by atoms with Gasteiger partial charge in [-0.15, -0.1) is 0 Å². The number of aromatic amines is 1. The van der Waals surface area contributed by atoms with Crippen molar-refractivity contribution in [3.05, 3.63) is 64.9 Å². The Hall–Kier alpha value is -3.78. The summed E-state index contributed by atoms with van der Waals surface area (Å²) >= 11 is 0. The molecular formula is C25H26N2O6. The molecule has 1 amide bonds. The minimum absolute atomic E-state index is 0.0215. The maximum Gasteiger partial charge on any atom is 0.295 e. The topological polar surface area (TPSA) is 101 Å². The zero-order valence-electron chi connectivity index (χ0n) is 19.0. The van der Waals surface area contributed by atoms with E-state index in [1.54, 1.807) is 18.2 Å². The first-order valence-electron chi connectivity index (χ1n) is 10.5. The second-order valence-corrected chi connectivity index (χ2v) is 7.73. The first-order chi connectivity index (χ1) is 15.9. The molecule has 1 aliphatic heterocycles. The Balaban J connectivity index is 2.03. The number of nitrogens with one attached hydrogen (secondary N) is 1. The van der Waals surface area contributed by atoms with E-state index in [2.05, 4.69) is 4.98 Å². The van der Waals surface area contributed by atoms with Crippen LogP contribution in [-0.2, 0) is 14.3 Å². The van der Waals surface area contributed by atoms with Crippen molar-refractivity contribution in [2.45, 2.75) is 13.0 Å². The zero-order chi connectivity index (χ0) is 23.7. The highest BCUT2D eigenvalue weighted by Crippen LogP contribution is 2.45. The molecule has 0 radical (unpaired) electrons. The molecule has 0 spiro atoms. The second kappa shape index (κ2) is 8.99. The van der Waals surface area contributed by atoms with Gasteiger partial charge < -0.3 is 29.2 Å². The van der Waals surface area contributed by atoms with Crippen molar-refractivity contribution in [1.82, 2.24) is 9.88 Å². The van der Waals surface area contributed by atoms with Gasteiger partial charge in [0.1, 0.15) is 22.8 Å². The number of fused-ring (bicyclic) bond motifs is 1. The van der Waals surface area contributed by atoms with Gasteiger partial charge in [0.15, 0.2) is 0 Å². The van der Waals surface area contributed by atoms with E-state index in [9.17, 15) is 14.7 Å². The molecule has 3 aromatic rings. The largest absolute Gasteiger partial charge is 0.506 e. The number of H-pyrrole nitrogens is 1. The molecule has 1 aliphatic rings. The van der Waals surface area contributed by atoms with E-state index in [0.717, 1.165) is 22.2 Å². The highest BCUT2D eigenvalue weighted by Gasteiger charge is 2.47. The SMILES string of the molecule is COCCN1C(=O)C(=O)/C(=C(/O)c2c(OC)cccc2OC)C1c1c(C)[nH]c2ccccc12. The van der Waals surface area contributed by atoms with Gasteiger partial charge >= 0.3 is 0 Å². The number of hydrogen-bond acceptors (Lipinski definition) is 6. The number of hydrogen-bond donors (Lipinski definition) is 2. The predicted molar refractivity (Wildman–Crippen MR) is 123 cm³/mol. The number of carbonyl (C=O) groups is 2. The lowest BCUT2D eigenvalue weighted by Crippen LogP contribution is -2.32. The summed E-state index contributed by atoms with van der Waals surface area (Å²) in [6, 6.07) is 11.9. The summed E-state index contributed by atoms with van der Waals surface area (Å²) in [5, 5.41) is 12.3. The fourth-order valence-electron chi connectivity index (χ4n) is 4.47. The van der Waals surface area contributed by atoms with Gasteiger partial charge in [-0.25, -0.2) is 0 Å². The summed E-state index contributed by atoms with van der Waals surface area (Å²) < 4.78 is 16.1. The van der Waals surface area contributed by atoms with Gasteiger partial charge in [0, 0.05) is 35.8 Å². The van der Waals surface area contributed by atoms with Crippen LogP contribution in [0.4, 0.5) is 0 Å². The number of aliphatic hydroxyl groups is 1. The smallest absolute Gasteiger partial charge is 0.295 e. The van der Waals surface area contributed by atoms with Gasteiger partial charge in [0.2, 0.25) is 0 Å². The molecule has 1 aromatic heterocycles. The molecule has 8 nitrogen and oxygen atoms in total. The van der Waals surface area contributed by atoms with Gasteiger partial charge in [-0.1, -0.05) is 24.3 Å². The van der Waals surface area contributed by atoms with Gasteiger partial charge in [-0.05, 0) is 25.1 Å². The van der Waals surface area contributed by atoms with E-state index in [4.69, 9.17) is 14.2 Å².